The fourth-order valence-electron chi connectivity index (χ4n) is 2.39. The lowest BCUT2D eigenvalue weighted by Crippen LogP contribution is -2.41. The van der Waals surface area contributed by atoms with Crippen LogP contribution in [-0.4, -0.2) is 69.6 Å². The van der Waals surface area contributed by atoms with E-state index in [9.17, 15) is 0 Å². The van der Waals surface area contributed by atoms with E-state index in [2.05, 4.69) is 18.7 Å². The molecule has 0 radical (unpaired) electrons. The zero-order chi connectivity index (χ0) is 15.3. The summed E-state index contributed by atoms with van der Waals surface area (Å²) in [6.07, 6.45) is 3.39. The van der Waals surface area contributed by atoms with Gasteiger partial charge < -0.3 is 19.1 Å². The summed E-state index contributed by atoms with van der Waals surface area (Å²) in [4.78, 5) is 2.44. The van der Waals surface area contributed by atoms with Crippen molar-refractivity contribution in [2.45, 2.75) is 38.5 Å². The van der Waals surface area contributed by atoms with Crippen molar-refractivity contribution in [3.8, 4) is 0 Å². The minimum atomic E-state index is 0.343. The van der Waals surface area contributed by atoms with Crippen molar-refractivity contribution >= 4 is 11.6 Å². The zero-order valence-corrected chi connectivity index (χ0v) is 14.4. The van der Waals surface area contributed by atoms with Gasteiger partial charge in [-0.05, 0) is 25.3 Å². The van der Waals surface area contributed by atoms with E-state index in [0.29, 0.717) is 37.7 Å². The maximum Gasteiger partial charge on any atom is 0.0701 e. The van der Waals surface area contributed by atoms with Crippen LogP contribution in [0.25, 0.3) is 0 Å². The summed E-state index contributed by atoms with van der Waals surface area (Å²) in [5.41, 5.74) is 0. The largest absolute Gasteiger partial charge is 0.379 e. The van der Waals surface area contributed by atoms with Crippen LogP contribution >= 0.6 is 11.6 Å². The number of rotatable bonds is 12. The van der Waals surface area contributed by atoms with E-state index in [1.54, 1.807) is 0 Å². The first kappa shape index (κ1) is 19.2. The molecule has 1 heterocycles. The van der Waals surface area contributed by atoms with Gasteiger partial charge >= 0.3 is 0 Å². The molecule has 0 aliphatic carbocycles. The van der Waals surface area contributed by atoms with Crippen molar-refractivity contribution in [1.29, 1.82) is 0 Å². The Morgan fingerprint density at radius 2 is 1.62 bits per heavy atom. The molecule has 1 aliphatic heterocycles. The van der Waals surface area contributed by atoms with Gasteiger partial charge in [0.2, 0.25) is 0 Å². The first-order valence-corrected chi connectivity index (χ1v) is 8.77. The van der Waals surface area contributed by atoms with E-state index in [1.165, 1.54) is 6.42 Å². The monoisotopic (exact) mass is 321 g/mol. The van der Waals surface area contributed by atoms with Crippen molar-refractivity contribution in [2.75, 3.05) is 59.3 Å². The standard InChI is InChI=1S/C16H32ClNO3/c1-3-4-8-19-10-12-21-13-11-20-9-7-18-6-5-16(17)15(2)14-18/h15-16H,3-14H2,1-2H3. The second-order valence-electron chi connectivity index (χ2n) is 5.77. The Morgan fingerprint density at radius 3 is 2.24 bits per heavy atom. The number of likely N-dealkylation sites (tertiary alicyclic amines) is 1. The van der Waals surface area contributed by atoms with Crippen molar-refractivity contribution in [3.05, 3.63) is 0 Å². The minimum absolute atomic E-state index is 0.343. The average Bonchev–Trinajstić information content (AvgIpc) is 2.48. The highest BCUT2D eigenvalue weighted by Crippen LogP contribution is 2.21. The summed E-state index contributed by atoms with van der Waals surface area (Å²) in [5.74, 6) is 0.580. The Balaban J connectivity index is 1.80. The molecule has 0 saturated carbocycles. The molecular weight excluding hydrogens is 290 g/mol. The molecule has 1 saturated heterocycles. The van der Waals surface area contributed by atoms with Gasteiger partial charge in [-0.3, -0.25) is 0 Å². The summed E-state index contributed by atoms with van der Waals surface area (Å²) >= 11 is 6.22. The van der Waals surface area contributed by atoms with Crippen molar-refractivity contribution in [2.24, 2.45) is 5.92 Å². The molecule has 5 heteroatoms. The van der Waals surface area contributed by atoms with E-state index in [1.807, 2.05) is 0 Å². The normalized spacial score (nSPS) is 23.6. The third-order valence-electron chi connectivity index (χ3n) is 3.82. The fraction of sp³-hybridized carbons (Fsp3) is 1.00. The molecule has 0 amide bonds. The average molecular weight is 322 g/mol. The van der Waals surface area contributed by atoms with E-state index < -0.39 is 0 Å². The summed E-state index contributed by atoms with van der Waals surface area (Å²) in [6.45, 7) is 11.8. The number of piperidine rings is 1. The van der Waals surface area contributed by atoms with Crippen LogP contribution in [-0.2, 0) is 14.2 Å². The summed E-state index contributed by atoms with van der Waals surface area (Å²) in [5, 5.41) is 0.343. The fourth-order valence-corrected chi connectivity index (χ4v) is 2.57. The van der Waals surface area contributed by atoms with Crippen LogP contribution in [0.3, 0.4) is 0 Å². The van der Waals surface area contributed by atoms with E-state index in [0.717, 1.165) is 45.7 Å². The Labute approximate surface area is 135 Å². The maximum atomic E-state index is 6.22. The van der Waals surface area contributed by atoms with Crippen molar-refractivity contribution < 1.29 is 14.2 Å². The van der Waals surface area contributed by atoms with Crippen LogP contribution < -0.4 is 0 Å². The van der Waals surface area contributed by atoms with Crippen molar-refractivity contribution in [3.63, 3.8) is 0 Å². The number of alkyl halides is 1. The molecule has 1 rings (SSSR count). The number of hydrogen-bond donors (Lipinski definition) is 0. The highest BCUT2D eigenvalue weighted by Gasteiger charge is 2.23. The van der Waals surface area contributed by atoms with E-state index >= 15 is 0 Å². The van der Waals surface area contributed by atoms with Crippen LogP contribution in [0.4, 0.5) is 0 Å². The summed E-state index contributed by atoms with van der Waals surface area (Å²) < 4.78 is 16.5. The molecule has 0 aromatic carbocycles. The van der Waals surface area contributed by atoms with Gasteiger partial charge in [-0.25, -0.2) is 0 Å². The molecule has 21 heavy (non-hydrogen) atoms. The van der Waals surface area contributed by atoms with Crippen LogP contribution in [0.2, 0.25) is 0 Å². The van der Waals surface area contributed by atoms with Crippen LogP contribution in [0.1, 0.15) is 33.1 Å². The number of nitrogens with zero attached hydrogens (tertiary/aromatic N) is 1. The van der Waals surface area contributed by atoms with Gasteiger partial charge in [-0.2, -0.15) is 0 Å². The molecule has 1 aliphatic rings. The molecule has 0 bridgehead atoms. The van der Waals surface area contributed by atoms with Gasteiger partial charge in [0.1, 0.15) is 0 Å². The second-order valence-corrected chi connectivity index (χ2v) is 6.33. The number of ether oxygens (including phenoxy) is 3. The smallest absolute Gasteiger partial charge is 0.0701 e. The Hall–Kier alpha value is 0.130. The third-order valence-corrected chi connectivity index (χ3v) is 4.47. The highest BCUT2D eigenvalue weighted by atomic mass is 35.5. The van der Waals surface area contributed by atoms with Gasteiger partial charge in [0.05, 0.1) is 33.0 Å². The SMILES string of the molecule is CCCCOCCOCCOCCN1CCC(Cl)C(C)C1. The van der Waals surface area contributed by atoms with E-state index in [-0.39, 0.29) is 0 Å². The predicted molar refractivity (Wildman–Crippen MR) is 87.2 cm³/mol. The van der Waals surface area contributed by atoms with Gasteiger partial charge in [0.25, 0.3) is 0 Å². The maximum absolute atomic E-state index is 6.22. The highest BCUT2D eigenvalue weighted by molar-refractivity contribution is 6.20. The summed E-state index contributed by atoms with van der Waals surface area (Å²) in [6, 6.07) is 0. The first-order valence-electron chi connectivity index (χ1n) is 8.33. The topological polar surface area (TPSA) is 30.9 Å². The Kier molecular flexibility index (Phi) is 11.6. The third kappa shape index (κ3) is 9.69. The molecule has 2 unspecified atom stereocenters. The molecule has 0 aromatic heterocycles. The lowest BCUT2D eigenvalue weighted by atomic mass is 10.00. The zero-order valence-electron chi connectivity index (χ0n) is 13.7. The number of halogens is 1. The molecule has 0 N–H and O–H groups in total. The number of unbranched alkanes of at least 4 members (excludes halogenated alkanes) is 1. The van der Waals surface area contributed by atoms with Gasteiger partial charge in [0.15, 0.2) is 0 Å². The summed E-state index contributed by atoms with van der Waals surface area (Å²) in [7, 11) is 0. The van der Waals surface area contributed by atoms with Crippen molar-refractivity contribution in [1.82, 2.24) is 4.90 Å². The Morgan fingerprint density at radius 1 is 1.00 bits per heavy atom. The van der Waals surface area contributed by atoms with Gasteiger partial charge in [-0.1, -0.05) is 20.3 Å². The second kappa shape index (κ2) is 12.7. The van der Waals surface area contributed by atoms with E-state index in [4.69, 9.17) is 25.8 Å². The van der Waals surface area contributed by atoms with Crippen LogP contribution in [0.15, 0.2) is 0 Å². The van der Waals surface area contributed by atoms with Gasteiger partial charge in [0, 0.05) is 25.1 Å². The molecule has 2 atom stereocenters. The lowest BCUT2D eigenvalue weighted by Gasteiger charge is -2.33. The van der Waals surface area contributed by atoms with Crippen LogP contribution in [0, 0.1) is 5.92 Å². The predicted octanol–water partition coefficient (Wildman–Crippen LogP) is 2.79. The van der Waals surface area contributed by atoms with Crippen LogP contribution in [0.5, 0.6) is 0 Å². The Bertz CT molecular complexity index is 244. The molecule has 126 valence electrons. The quantitative estimate of drug-likeness (QED) is 0.408. The molecular formula is C16H32ClNO3. The first-order chi connectivity index (χ1) is 10.2. The minimum Gasteiger partial charge on any atom is -0.379 e. The molecule has 4 nitrogen and oxygen atoms in total. The molecule has 1 fully saturated rings. The molecule has 0 spiro atoms. The molecule has 0 aromatic rings. The van der Waals surface area contributed by atoms with Gasteiger partial charge in [-0.15, -0.1) is 11.6 Å². The number of hydrogen-bond acceptors (Lipinski definition) is 4. The lowest BCUT2D eigenvalue weighted by molar-refractivity contribution is 0.00847.